The Kier molecular flexibility index (Phi) is 4.07. The van der Waals surface area contributed by atoms with Crippen molar-refractivity contribution in [3.63, 3.8) is 0 Å². The van der Waals surface area contributed by atoms with Crippen LogP contribution in [0.25, 0.3) is 21.9 Å². The van der Waals surface area contributed by atoms with Crippen molar-refractivity contribution in [1.82, 2.24) is 0 Å². The van der Waals surface area contributed by atoms with Gasteiger partial charge in [0, 0.05) is 8.99 Å². The molecule has 1 aliphatic rings. The Morgan fingerprint density at radius 3 is 2.60 bits per heavy atom. The molecule has 0 bridgehead atoms. The van der Waals surface area contributed by atoms with Crippen LogP contribution in [0, 0.1) is 0 Å². The first-order valence-corrected chi connectivity index (χ1v) is 9.72. The van der Waals surface area contributed by atoms with E-state index < -0.39 is 0 Å². The van der Waals surface area contributed by atoms with Crippen molar-refractivity contribution in [1.29, 1.82) is 0 Å². The van der Waals surface area contributed by atoms with Gasteiger partial charge in [0.25, 0.3) is 0 Å². The van der Waals surface area contributed by atoms with Gasteiger partial charge in [-0.3, -0.25) is 0 Å². The largest absolute Gasteiger partial charge is 0.0856 e. The van der Waals surface area contributed by atoms with Crippen LogP contribution in [-0.4, -0.2) is 0 Å². The minimum Gasteiger partial charge on any atom is -0.0856 e. The standard InChI is InChI=1S/C24H21I/c1-16(25)13-20-14-19-12-11-18(15-23(19)24(20,2)3)22-10-6-8-17-7-4-5-9-21(17)22/h4-13,15H,1,14H2,2-3H3/b20-13+. The van der Waals surface area contributed by atoms with E-state index in [0.717, 1.165) is 10.0 Å². The number of hydrogen-bond acceptors (Lipinski definition) is 0. The quantitative estimate of drug-likeness (QED) is 0.372. The highest BCUT2D eigenvalue weighted by atomic mass is 127. The average molecular weight is 436 g/mol. The lowest BCUT2D eigenvalue weighted by molar-refractivity contribution is 0.644. The number of rotatable bonds is 2. The maximum Gasteiger partial charge on any atom is 0.0115 e. The molecule has 0 aromatic heterocycles. The summed E-state index contributed by atoms with van der Waals surface area (Å²) in [5, 5.41) is 2.61. The van der Waals surface area contributed by atoms with Crippen molar-refractivity contribution in [2.24, 2.45) is 0 Å². The van der Waals surface area contributed by atoms with Crippen LogP contribution in [0.1, 0.15) is 25.0 Å². The normalized spacial score (nSPS) is 17.0. The Hall–Kier alpha value is -1.87. The van der Waals surface area contributed by atoms with Crippen LogP contribution >= 0.6 is 22.6 Å². The summed E-state index contributed by atoms with van der Waals surface area (Å²) in [6.07, 6.45) is 3.28. The molecule has 0 aliphatic heterocycles. The molecule has 0 amide bonds. The third-order valence-electron chi connectivity index (χ3n) is 5.40. The van der Waals surface area contributed by atoms with Gasteiger partial charge in [-0.25, -0.2) is 0 Å². The molecular formula is C24H21I. The van der Waals surface area contributed by atoms with Gasteiger partial charge in [0.05, 0.1) is 0 Å². The molecule has 0 fully saturated rings. The Labute approximate surface area is 163 Å². The van der Waals surface area contributed by atoms with Gasteiger partial charge in [-0.05, 0) is 74.2 Å². The lowest BCUT2D eigenvalue weighted by Gasteiger charge is -2.23. The zero-order chi connectivity index (χ0) is 17.6. The molecule has 0 spiro atoms. The molecule has 1 aliphatic carbocycles. The fourth-order valence-corrected chi connectivity index (χ4v) is 4.35. The molecule has 0 radical (unpaired) electrons. The summed E-state index contributed by atoms with van der Waals surface area (Å²) in [5.74, 6) is 0. The number of fused-ring (bicyclic) bond motifs is 2. The molecule has 0 heterocycles. The van der Waals surface area contributed by atoms with Crippen LogP contribution in [0.4, 0.5) is 0 Å². The molecule has 0 saturated carbocycles. The summed E-state index contributed by atoms with van der Waals surface area (Å²) in [7, 11) is 0. The molecular weight excluding hydrogens is 415 g/mol. The van der Waals surface area contributed by atoms with E-state index in [9.17, 15) is 0 Å². The third kappa shape index (κ3) is 2.85. The first-order valence-electron chi connectivity index (χ1n) is 8.64. The second-order valence-electron chi connectivity index (χ2n) is 7.32. The van der Waals surface area contributed by atoms with Gasteiger partial charge in [-0.2, -0.15) is 0 Å². The van der Waals surface area contributed by atoms with Crippen molar-refractivity contribution in [2.75, 3.05) is 0 Å². The van der Waals surface area contributed by atoms with Crippen LogP contribution < -0.4 is 0 Å². The molecule has 3 aromatic carbocycles. The fraction of sp³-hybridized carbons (Fsp3) is 0.167. The Morgan fingerprint density at radius 1 is 1.04 bits per heavy atom. The van der Waals surface area contributed by atoms with E-state index in [1.165, 1.54) is 38.6 Å². The Morgan fingerprint density at radius 2 is 1.80 bits per heavy atom. The van der Waals surface area contributed by atoms with Crippen molar-refractivity contribution >= 4 is 33.4 Å². The van der Waals surface area contributed by atoms with E-state index in [1.807, 2.05) is 0 Å². The Balaban J connectivity index is 1.88. The molecule has 4 rings (SSSR count). The van der Waals surface area contributed by atoms with Gasteiger partial charge in [0.1, 0.15) is 0 Å². The summed E-state index contributed by atoms with van der Waals surface area (Å²) in [6.45, 7) is 8.72. The van der Waals surface area contributed by atoms with Gasteiger partial charge in [-0.15, -0.1) is 0 Å². The summed E-state index contributed by atoms with van der Waals surface area (Å²) in [4.78, 5) is 0. The van der Waals surface area contributed by atoms with E-state index in [-0.39, 0.29) is 5.41 Å². The van der Waals surface area contributed by atoms with Gasteiger partial charge in [-0.1, -0.05) is 80.6 Å². The van der Waals surface area contributed by atoms with Crippen LogP contribution in [0.2, 0.25) is 0 Å². The van der Waals surface area contributed by atoms with Crippen LogP contribution in [0.3, 0.4) is 0 Å². The lowest BCUT2D eigenvalue weighted by atomic mass is 9.81. The topological polar surface area (TPSA) is 0 Å². The third-order valence-corrected chi connectivity index (χ3v) is 5.71. The second-order valence-corrected chi connectivity index (χ2v) is 8.70. The van der Waals surface area contributed by atoms with Crippen molar-refractivity contribution in [3.8, 4) is 11.1 Å². The lowest BCUT2D eigenvalue weighted by Crippen LogP contribution is -2.15. The molecule has 1 heteroatoms. The summed E-state index contributed by atoms with van der Waals surface area (Å²) < 4.78 is 1.10. The van der Waals surface area contributed by atoms with Crippen LogP contribution in [-0.2, 0) is 11.8 Å². The Bertz CT molecular complexity index is 1020. The monoisotopic (exact) mass is 436 g/mol. The molecule has 0 saturated heterocycles. The molecule has 3 aromatic rings. The minimum atomic E-state index is 0.0596. The van der Waals surface area contributed by atoms with Crippen molar-refractivity contribution < 1.29 is 0 Å². The molecule has 0 atom stereocenters. The van der Waals surface area contributed by atoms with E-state index >= 15 is 0 Å². The summed E-state index contributed by atoms with van der Waals surface area (Å²) in [5.41, 5.74) is 7.02. The predicted molar refractivity (Wildman–Crippen MR) is 117 cm³/mol. The molecule has 0 nitrogen and oxygen atoms in total. The number of benzene rings is 3. The first-order chi connectivity index (χ1) is 12.0. The zero-order valence-corrected chi connectivity index (χ0v) is 16.8. The maximum atomic E-state index is 4.06. The van der Waals surface area contributed by atoms with Gasteiger partial charge in [0.2, 0.25) is 0 Å². The van der Waals surface area contributed by atoms with Gasteiger partial charge in [0.15, 0.2) is 0 Å². The van der Waals surface area contributed by atoms with E-state index in [1.54, 1.807) is 0 Å². The van der Waals surface area contributed by atoms with Crippen LogP contribution in [0.5, 0.6) is 0 Å². The highest BCUT2D eigenvalue weighted by Crippen LogP contribution is 2.45. The van der Waals surface area contributed by atoms with E-state index in [2.05, 4.69) is 110 Å². The first kappa shape index (κ1) is 16.6. The summed E-state index contributed by atoms with van der Waals surface area (Å²) >= 11 is 2.30. The molecule has 124 valence electrons. The average Bonchev–Trinajstić information content (AvgIpc) is 2.84. The zero-order valence-electron chi connectivity index (χ0n) is 14.6. The van der Waals surface area contributed by atoms with Crippen molar-refractivity contribution in [2.45, 2.75) is 25.7 Å². The maximum absolute atomic E-state index is 4.06. The minimum absolute atomic E-state index is 0.0596. The smallest absolute Gasteiger partial charge is 0.0115 e. The van der Waals surface area contributed by atoms with Gasteiger partial charge >= 0.3 is 0 Å². The van der Waals surface area contributed by atoms with E-state index in [0.29, 0.717) is 0 Å². The van der Waals surface area contributed by atoms with Crippen LogP contribution in [0.15, 0.2) is 82.5 Å². The number of allylic oxidation sites excluding steroid dienone is 3. The number of hydrogen-bond donors (Lipinski definition) is 0. The second kappa shape index (κ2) is 6.14. The fourth-order valence-electron chi connectivity index (χ4n) is 3.98. The van der Waals surface area contributed by atoms with Crippen molar-refractivity contribution in [3.05, 3.63) is 93.6 Å². The highest BCUT2D eigenvalue weighted by molar-refractivity contribution is 14.1. The SMILES string of the molecule is C=C(I)/C=C1\Cc2ccc(-c3cccc4ccccc34)cc2C1(C)C. The number of halogens is 1. The highest BCUT2D eigenvalue weighted by Gasteiger charge is 2.34. The molecule has 0 unspecified atom stereocenters. The summed E-state index contributed by atoms with van der Waals surface area (Å²) in [6, 6.07) is 22.2. The van der Waals surface area contributed by atoms with Gasteiger partial charge < -0.3 is 0 Å². The predicted octanol–water partition coefficient (Wildman–Crippen LogP) is 7.22. The van der Waals surface area contributed by atoms with E-state index in [4.69, 9.17) is 0 Å². The molecule has 0 N–H and O–H groups in total. The molecule has 25 heavy (non-hydrogen) atoms.